The van der Waals surface area contributed by atoms with Crippen LogP contribution in [0, 0.1) is 5.92 Å². The van der Waals surface area contributed by atoms with Gasteiger partial charge < -0.3 is 5.32 Å². The number of likely N-dealkylation sites (tertiary alicyclic amines) is 1. The smallest absolute Gasteiger partial charge is 0.0205 e. The molecule has 0 bridgehead atoms. The van der Waals surface area contributed by atoms with Crippen LogP contribution >= 0.6 is 0 Å². The van der Waals surface area contributed by atoms with Gasteiger partial charge in [0.25, 0.3) is 0 Å². The zero-order valence-electron chi connectivity index (χ0n) is 9.84. The number of piperidine rings is 1. The number of hydrogen-bond donors (Lipinski definition) is 1. The first-order valence-electron chi connectivity index (χ1n) is 5.68. The lowest BCUT2D eigenvalue weighted by Gasteiger charge is -2.36. The van der Waals surface area contributed by atoms with Crippen LogP contribution in [0.3, 0.4) is 0 Å². The van der Waals surface area contributed by atoms with E-state index in [4.69, 9.17) is 0 Å². The Hall–Kier alpha value is -0.340. The molecule has 0 spiro atoms. The molecule has 0 aromatic carbocycles. The van der Waals surface area contributed by atoms with Crippen LogP contribution in [0.2, 0.25) is 0 Å². The molecular formula is C12H24N2. The van der Waals surface area contributed by atoms with Crippen molar-refractivity contribution in [1.29, 1.82) is 0 Å². The molecule has 14 heavy (non-hydrogen) atoms. The predicted octanol–water partition coefficient (Wildman–Crippen LogP) is 1.88. The second-order valence-corrected chi connectivity index (χ2v) is 4.73. The first-order valence-corrected chi connectivity index (χ1v) is 5.68. The lowest BCUT2D eigenvalue weighted by atomic mass is 9.93. The Kier molecular flexibility index (Phi) is 4.63. The van der Waals surface area contributed by atoms with Gasteiger partial charge in [-0.15, -0.1) is 0 Å². The molecule has 0 aromatic rings. The Labute approximate surface area is 88.4 Å². The van der Waals surface area contributed by atoms with Gasteiger partial charge in [-0.2, -0.15) is 0 Å². The minimum absolute atomic E-state index is 0.729. The summed E-state index contributed by atoms with van der Waals surface area (Å²) in [7, 11) is 1.98. The fraction of sp³-hybridized carbons (Fsp3) is 0.833. The van der Waals surface area contributed by atoms with Crippen molar-refractivity contribution in [3.63, 3.8) is 0 Å². The number of nitrogens with one attached hydrogen (secondary N) is 1. The van der Waals surface area contributed by atoms with Crippen LogP contribution in [0.4, 0.5) is 0 Å². The average Bonchev–Trinajstić information content (AvgIpc) is 2.10. The van der Waals surface area contributed by atoms with Crippen LogP contribution in [-0.2, 0) is 0 Å². The van der Waals surface area contributed by atoms with E-state index in [-0.39, 0.29) is 0 Å². The van der Waals surface area contributed by atoms with Gasteiger partial charge in [0.15, 0.2) is 0 Å². The second kappa shape index (κ2) is 5.52. The highest BCUT2D eigenvalue weighted by molar-refractivity contribution is 5.00. The summed E-state index contributed by atoms with van der Waals surface area (Å²) >= 11 is 0. The lowest BCUT2D eigenvalue weighted by molar-refractivity contribution is 0.140. The van der Waals surface area contributed by atoms with Gasteiger partial charge in [-0.25, -0.2) is 0 Å². The maximum absolute atomic E-state index is 4.09. The predicted molar refractivity (Wildman–Crippen MR) is 62.5 cm³/mol. The van der Waals surface area contributed by atoms with Crippen molar-refractivity contribution in [3.05, 3.63) is 12.2 Å². The third kappa shape index (κ3) is 3.43. The molecule has 0 radical (unpaired) electrons. The normalized spacial score (nSPS) is 29.1. The zero-order chi connectivity index (χ0) is 10.6. The first-order chi connectivity index (χ1) is 6.63. The molecule has 2 heteroatoms. The van der Waals surface area contributed by atoms with E-state index < -0.39 is 0 Å². The summed E-state index contributed by atoms with van der Waals surface area (Å²) in [4.78, 5) is 2.56. The summed E-state index contributed by atoms with van der Waals surface area (Å²) < 4.78 is 0. The van der Waals surface area contributed by atoms with E-state index in [1.165, 1.54) is 25.0 Å². The molecular weight excluding hydrogens is 172 g/mol. The molecule has 0 saturated carbocycles. The molecule has 0 aliphatic carbocycles. The quantitative estimate of drug-likeness (QED) is 0.691. The fourth-order valence-corrected chi connectivity index (χ4v) is 2.28. The van der Waals surface area contributed by atoms with Gasteiger partial charge in [-0.1, -0.05) is 13.5 Å². The topological polar surface area (TPSA) is 15.3 Å². The van der Waals surface area contributed by atoms with E-state index in [2.05, 4.69) is 30.6 Å². The number of rotatable bonds is 4. The standard InChI is InChI=1S/C12H24N2/c1-10-5-6-14(12(3)7-10)9-11(2)8-13-4/h10,12-13H,2,5-9H2,1,3-4H3. The van der Waals surface area contributed by atoms with Gasteiger partial charge in [0, 0.05) is 19.1 Å². The van der Waals surface area contributed by atoms with Crippen molar-refractivity contribution in [3.8, 4) is 0 Å². The molecule has 1 heterocycles. The molecule has 1 N–H and O–H groups in total. The van der Waals surface area contributed by atoms with Crippen molar-refractivity contribution in [1.82, 2.24) is 10.2 Å². The summed E-state index contributed by atoms with van der Waals surface area (Å²) in [5.41, 5.74) is 1.30. The average molecular weight is 196 g/mol. The van der Waals surface area contributed by atoms with Crippen molar-refractivity contribution < 1.29 is 0 Å². The maximum Gasteiger partial charge on any atom is 0.0205 e. The van der Waals surface area contributed by atoms with E-state index in [9.17, 15) is 0 Å². The van der Waals surface area contributed by atoms with Crippen LogP contribution in [0.25, 0.3) is 0 Å². The van der Waals surface area contributed by atoms with Crippen LogP contribution in [-0.4, -0.2) is 37.6 Å². The van der Waals surface area contributed by atoms with Gasteiger partial charge >= 0.3 is 0 Å². The Morgan fingerprint density at radius 1 is 1.50 bits per heavy atom. The number of hydrogen-bond acceptors (Lipinski definition) is 2. The van der Waals surface area contributed by atoms with Crippen LogP contribution in [0.1, 0.15) is 26.7 Å². The molecule has 1 aliphatic rings. The van der Waals surface area contributed by atoms with Gasteiger partial charge in [0.1, 0.15) is 0 Å². The van der Waals surface area contributed by atoms with E-state index in [0.29, 0.717) is 0 Å². The van der Waals surface area contributed by atoms with E-state index >= 15 is 0 Å². The van der Waals surface area contributed by atoms with Crippen LogP contribution in [0.15, 0.2) is 12.2 Å². The highest BCUT2D eigenvalue weighted by Gasteiger charge is 2.22. The molecule has 1 fully saturated rings. The molecule has 2 unspecified atom stereocenters. The highest BCUT2D eigenvalue weighted by atomic mass is 15.2. The monoisotopic (exact) mass is 196 g/mol. The first kappa shape index (κ1) is 11.7. The van der Waals surface area contributed by atoms with Gasteiger partial charge in [-0.05, 0) is 44.8 Å². The molecule has 0 aromatic heterocycles. The minimum atomic E-state index is 0.729. The van der Waals surface area contributed by atoms with E-state index in [1.807, 2.05) is 7.05 Å². The SMILES string of the molecule is C=C(CNC)CN1CCC(C)CC1C. The van der Waals surface area contributed by atoms with Gasteiger partial charge in [0.2, 0.25) is 0 Å². The molecule has 0 amide bonds. The Balaban J connectivity index is 2.33. The Morgan fingerprint density at radius 3 is 2.79 bits per heavy atom. The summed E-state index contributed by atoms with van der Waals surface area (Å²) in [6, 6.07) is 0.729. The summed E-state index contributed by atoms with van der Waals surface area (Å²) in [5, 5.41) is 3.15. The zero-order valence-corrected chi connectivity index (χ0v) is 9.84. The molecule has 1 saturated heterocycles. The van der Waals surface area contributed by atoms with Gasteiger partial charge in [0.05, 0.1) is 0 Å². The Bertz CT molecular complexity index is 189. The van der Waals surface area contributed by atoms with E-state index in [1.54, 1.807) is 0 Å². The number of nitrogens with zero attached hydrogens (tertiary/aromatic N) is 1. The Morgan fingerprint density at radius 2 is 2.21 bits per heavy atom. The van der Waals surface area contributed by atoms with Crippen molar-refractivity contribution in [2.24, 2.45) is 5.92 Å². The molecule has 1 rings (SSSR count). The highest BCUT2D eigenvalue weighted by Crippen LogP contribution is 2.22. The summed E-state index contributed by atoms with van der Waals surface area (Å²) in [5.74, 6) is 0.902. The van der Waals surface area contributed by atoms with Crippen molar-refractivity contribution in [2.45, 2.75) is 32.7 Å². The lowest BCUT2D eigenvalue weighted by Crippen LogP contribution is -2.41. The summed E-state index contributed by atoms with van der Waals surface area (Å²) in [6.45, 7) is 12.0. The van der Waals surface area contributed by atoms with Crippen LogP contribution in [0.5, 0.6) is 0 Å². The van der Waals surface area contributed by atoms with Crippen LogP contribution < -0.4 is 5.32 Å². The fourth-order valence-electron chi connectivity index (χ4n) is 2.28. The van der Waals surface area contributed by atoms with E-state index in [0.717, 1.165) is 25.0 Å². The molecule has 82 valence electrons. The maximum atomic E-state index is 4.09. The minimum Gasteiger partial charge on any atom is -0.316 e. The second-order valence-electron chi connectivity index (χ2n) is 4.73. The molecule has 2 nitrogen and oxygen atoms in total. The number of likely N-dealkylation sites (N-methyl/N-ethyl adjacent to an activating group) is 1. The molecule has 1 aliphatic heterocycles. The summed E-state index contributed by atoms with van der Waals surface area (Å²) in [6.07, 6.45) is 2.68. The third-order valence-corrected chi connectivity index (χ3v) is 3.13. The van der Waals surface area contributed by atoms with Gasteiger partial charge in [-0.3, -0.25) is 4.90 Å². The van der Waals surface area contributed by atoms with Crippen molar-refractivity contribution in [2.75, 3.05) is 26.7 Å². The third-order valence-electron chi connectivity index (χ3n) is 3.13. The van der Waals surface area contributed by atoms with Crippen molar-refractivity contribution >= 4 is 0 Å². The largest absolute Gasteiger partial charge is 0.316 e. The molecule has 2 atom stereocenters.